The van der Waals surface area contributed by atoms with Crippen molar-refractivity contribution in [1.29, 1.82) is 0 Å². The number of amides is 1. The van der Waals surface area contributed by atoms with Crippen LogP contribution in [0.2, 0.25) is 0 Å². The van der Waals surface area contributed by atoms with Crippen LogP contribution < -0.4 is 0 Å². The number of carbonyl (C=O) groups excluding carboxylic acids is 1. The Hall–Kier alpha value is -0.850. The molecule has 0 aromatic heterocycles. The van der Waals surface area contributed by atoms with Crippen LogP contribution in [0.1, 0.15) is 45.4 Å². The number of aliphatic hydroxyl groups excluding tert-OH is 1. The minimum absolute atomic E-state index is 0.0678. The van der Waals surface area contributed by atoms with E-state index in [9.17, 15) is 9.90 Å². The normalized spacial score (nSPS) is 37.8. The quantitative estimate of drug-likeness (QED) is 0.780. The van der Waals surface area contributed by atoms with Gasteiger partial charge in [-0.15, -0.1) is 0 Å². The summed E-state index contributed by atoms with van der Waals surface area (Å²) >= 11 is 0. The van der Waals surface area contributed by atoms with Gasteiger partial charge in [0.05, 0.1) is 24.9 Å². The van der Waals surface area contributed by atoms with Crippen molar-refractivity contribution >= 4 is 6.09 Å². The van der Waals surface area contributed by atoms with E-state index in [0.29, 0.717) is 32.8 Å². The van der Waals surface area contributed by atoms with E-state index in [1.807, 2.05) is 6.92 Å². The highest BCUT2D eigenvalue weighted by Gasteiger charge is 2.51. The Morgan fingerprint density at radius 2 is 1.65 bits per heavy atom. The average molecular weight is 367 g/mol. The Balaban J connectivity index is 1.19. The fourth-order valence-corrected chi connectivity index (χ4v) is 6.16. The predicted octanol–water partition coefficient (Wildman–Crippen LogP) is 2.11. The molecular weight excluding hydrogens is 332 g/mol. The summed E-state index contributed by atoms with van der Waals surface area (Å²) in [5.74, 6) is 2.61. The number of piperazine rings is 1. The van der Waals surface area contributed by atoms with E-state index in [2.05, 4.69) is 4.90 Å². The Bertz CT molecular complexity index is 469. The van der Waals surface area contributed by atoms with E-state index in [-0.39, 0.29) is 11.7 Å². The highest BCUT2D eigenvalue weighted by Crippen LogP contribution is 2.57. The van der Waals surface area contributed by atoms with Crippen molar-refractivity contribution < 1.29 is 19.4 Å². The molecule has 5 fully saturated rings. The molecule has 0 unspecified atom stereocenters. The molecule has 6 nitrogen and oxygen atoms in total. The third-order valence-corrected chi connectivity index (χ3v) is 6.93. The lowest BCUT2D eigenvalue weighted by Crippen LogP contribution is -2.54. The van der Waals surface area contributed by atoms with Crippen LogP contribution in [0.25, 0.3) is 0 Å². The van der Waals surface area contributed by atoms with Crippen molar-refractivity contribution in [3.63, 3.8) is 0 Å². The summed E-state index contributed by atoms with van der Waals surface area (Å²) in [6, 6.07) is 0. The lowest BCUT2D eigenvalue weighted by molar-refractivity contribution is -0.176. The first-order valence-electron chi connectivity index (χ1n) is 10.5. The third-order valence-electron chi connectivity index (χ3n) is 6.93. The summed E-state index contributed by atoms with van der Waals surface area (Å²) in [5, 5.41) is 10.5. The maximum Gasteiger partial charge on any atom is 0.409 e. The lowest BCUT2D eigenvalue weighted by atomic mass is 9.54. The maximum absolute atomic E-state index is 11.8. The number of ether oxygens (including phenoxy) is 2. The second kappa shape index (κ2) is 7.64. The minimum Gasteiger partial charge on any atom is -0.450 e. The van der Waals surface area contributed by atoms with Crippen molar-refractivity contribution in [2.24, 2.45) is 17.8 Å². The van der Waals surface area contributed by atoms with Crippen LogP contribution in [0.15, 0.2) is 0 Å². The van der Waals surface area contributed by atoms with Gasteiger partial charge in [0.15, 0.2) is 0 Å². The van der Waals surface area contributed by atoms with Crippen LogP contribution in [0.3, 0.4) is 0 Å². The second-order valence-corrected chi connectivity index (χ2v) is 9.05. The molecule has 0 aromatic rings. The molecule has 1 amide bonds. The first-order chi connectivity index (χ1) is 12.5. The zero-order valence-corrected chi connectivity index (χ0v) is 16.1. The molecule has 148 valence electrons. The number of hydrogen-bond donors (Lipinski definition) is 1. The van der Waals surface area contributed by atoms with Crippen molar-refractivity contribution in [2.45, 2.75) is 57.2 Å². The van der Waals surface area contributed by atoms with Crippen LogP contribution in [0.5, 0.6) is 0 Å². The van der Waals surface area contributed by atoms with Crippen LogP contribution in [-0.2, 0) is 9.47 Å². The molecule has 0 radical (unpaired) electrons. The zero-order valence-electron chi connectivity index (χ0n) is 16.1. The van der Waals surface area contributed by atoms with E-state index in [4.69, 9.17) is 9.47 Å². The molecule has 5 aliphatic rings. The van der Waals surface area contributed by atoms with Gasteiger partial charge in [-0.1, -0.05) is 0 Å². The van der Waals surface area contributed by atoms with Gasteiger partial charge < -0.3 is 19.5 Å². The molecule has 4 bridgehead atoms. The number of rotatable bonds is 6. The molecular formula is C20H34N2O4. The fraction of sp³-hybridized carbons (Fsp3) is 0.950. The van der Waals surface area contributed by atoms with Crippen LogP contribution >= 0.6 is 0 Å². The predicted molar refractivity (Wildman–Crippen MR) is 97.9 cm³/mol. The lowest BCUT2D eigenvalue weighted by Gasteiger charge is -2.56. The van der Waals surface area contributed by atoms with Gasteiger partial charge in [-0.3, -0.25) is 4.90 Å². The van der Waals surface area contributed by atoms with Gasteiger partial charge in [0.1, 0.15) is 0 Å². The van der Waals surface area contributed by atoms with E-state index >= 15 is 0 Å². The number of β-amino-alcohol motifs (C(OH)–C–C–N with tert-alkyl or cyclic N) is 1. The molecule has 1 saturated heterocycles. The summed E-state index contributed by atoms with van der Waals surface area (Å²) in [4.78, 5) is 15.7. The highest BCUT2D eigenvalue weighted by molar-refractivity contribution is 5.67. The summed E-state index contributed by atoms with van der Waals surface area (Å²) < 4.78 is 11.4. The summed E-state index contributed by atoms with van der Waals surface area (Å²) in [6.45, 7) is 6.23. The van der Waals surface area contributed by atoms with E-state index in [1.54, 1.807) is 4.90 Å². The third kappa shape index (κ3) is 4.02. The van der Waals surface area contributed by atoms with Gasteiger partial charge in [0, 0.05) is 32.7 Å². The Morgan fingerprint density at radius 3 is 2.19 bits per heavy atom. The average Bonchev–Trinajstić information content (AvgIpc) is 2.60. The van der Waals surface area contributed by atoms with E-state index in [1.165, 1.54) is 38.5 Å². The van der Waals surface area contributed by atoms with Gasteiger partial charge in [-0.2, -0.15) is 0 Å². The minimum atomic E-state index is -0.447. The fourth-order valence-electron chi connectivity index (χ4n) is 6.16. The molecule has 1 heterocycles. The first kappa shape index (κ1) is 18.5. The number of aliphatic hydroxyl groups is 1. The zero-order chi connectivity index (χ0) is 18.1. The van der Waals surface area contributed by atoms with Crippen molar-refractivity contribution in [3.05, 3.63) is 0 Å². The van der Waals surface area contributed by atoms with Crippen LogP contribution in [-0.4, -0.2) is 78.6 Å². The van der Waals surface area contributed by atoms with Gasteiger partial charge in [-0.05, 0) is 63.2 Å². The molecule has 1 aliphatic heterocycles. The molecule has 6 heteroatoms. The van der Waals surface area contributed by atoms with E-state index < -0.39 is 6.10 Å². The first-order valence-corrected chi connectivity index (χ1v) is 10.5. The maximum atomic E-state index is 11.8. The largest absolute Gasteiger partial charge is 0.450 e. The number of hydrogen-bond acceptors (Lipinski definition) is 5. The molecule has 5 rings (SSSR count). The Morgan fingerprint density at radius 1 is 1.08 bits per heavy atom. The van der Waals surface area contributed by atoms with Crippen molar-refractivity contribution in [1.82, 2.24) is 9.80 Å². The number of carbonyl (C=O) groups is 1. The standard InChI is InChI=1S/C20H34N2O4/c1-2-25-19(24)22-5-3-21(4-6-22)13-18(23)14-26-20-10-15-7-16(11-20)9-17(8-15)12-20/h15-18,23H,2-14H2,1H3/t15?,16?,17?,18-,20?/m0/s1. The molecule has 1 atom stereocenters. The van der Waals surface area contributed by atoms with Gasteiger partial charge in [-0.25, -0.2) is 4.79 Å². The summed E-state index contributed by atoms with van der Waals surface area (Å²) in [5.41, 5.74) is 0.0678. The van der Waals surface area contributed by atoms with Crippen LogP contribution in [0, 0.1) is 17.8 Å². The smallest absolute Gasteiger partial charge is 0.409 e. The summed E-state index contributed by atoms with van der Waals surface area (Å²) in [6.07, 6.45) is 7.20. The van der Waals surface area contributed by atoms with Gasteiger partial charge in [0.2, 0.25) is 0 Å². The SMILES string of the molecule is CCOC(=O)N1CCN(C[C@H](O)COC23CC4CC(CC(C4)C2)C3)CC1. The molecule has 0 spiro atoms. The molecule has 4 aliphatic carbocycles. The van der Waals surface area contributed by atoms with Crippen molar-refractivity contribution in [3.8, 4) is 0 Å². The second-order valence-electron chi connectivity index (χ2n) is 9.05. The van der Waals surface area contributed by atoms with Gasteiger partial charge >= 0.3 is 6.09 Å². The Kier molecular flexibility index (Phi) is 5.44. The van der Waals surface area contributed by atoms with Crippen molar-refractivity contribution in [2.75, 3.05) is 45.9 Å². The summed E-state index contributed by atoms with van der Waals surface area (Å²) in [7, 11) is 0. The van der Waals surface area contributed by atoms with Gasteiger partial charge in [0.25, 0.3) is 0 Å². The molecule has 1 N–H and O–H groups in total. The number of nitrogens with zero attached hydrogens (tertiary/aromatic N) is 2. The monoisotopic (exact) mass is 366 g/mol. The molecule has 0 aromatic carbocycles. The van der Waals surface area contributed by atoms with E-state index in [0.717, 1.165) is 30.8 Å². The highest BCUT2D eigenvalue weighted by atomic mass is 16.6. The van der Waals surface area contributed by atoms with Crippen LogP contribution in [0.4, 0.5) is 4.79 Å². The molecule has 4 saturated carbocycles. The Labute approximate surface area is 156 Å². The molecule has 26 heavy (non-hydrogen) atoms. The topological polar surface area (TPSA) is 62.2 Å².